The molecule has 29 heavy (non-hydrogen) atoms. The molecule has 0 radical (unpaired) electrons. The van der Waals surface area contributed by atoms with E-state index in [1.54, 1.807) is 0 Å². The molecule has 0 bridgehead atoms. The van der Waals surface area contributed by atoms with Gasteiger partial charge in [0, 0.05) is 39.5 Å². The summed E-state index contributed by atoms with van der Waals surface area (Å²) in [5, 5.41) is 6.08. The first kappa shape index (κ1) is 23.4. The van der Waals surface area contributed by atoms with Gasteiger partial charge in [-0.25, -0.2) is 9.38 Å². The predicted octanol–water partition coefficient (Wildman–Crippen LogP) is 3.73. The lowest BCUT2D eigenvalue weighted by Crippen LogP contribution is -2.38. The lowest BCUT2D eigenvalue weighted by atomic mass is 10.0. The number of ether oxygens (including phenoxy) is 2. The van der Waals surface area contributed by atoms with Crippen molar-refractivity contribution in [3.05, 3.63) is 35.1 Å². The van der Waals surface area contributed by atoms with E-state index < -0.39 is 17.6 Å². The topological polar surface area (TPSA) is 54.9 Å². The third-order valence-electron chi connectivity index (χ3n) is 4.58. The Bertz CT molecular complexity index is 647. The van der Waals surface area contributed by atoms with Crippen LogP contribution in [-0.2, 0) is 22.2 Å². The Labute approximate surface area is 168 Å². The van der Waals surface area contributed by atoms with E-state index in [1.165, 1.54) is 0 Å². The molecular formula is C20H29F4N3O2. The van der Waals surface area contributed by atoms with Crippen molar-refractivity contribution in [3.63, 3.8) is 0 Å². The average molecular weight is 419 g/mol. The number of hydrogen-bond acceptors (Lipinski definition) is 3. The van der Waals surface area contributed by atoms with Crippen molar-refractivity contribution in [1.29, 1.82) is 0 Å². The molecule has 0 saturated carbocycles. The first-order chi connectivity index (χ1) is 13.9. The van der Waals surface area contributed by atoms with Crippen LogP contribution in [0.4, 0.5) is 17.6 Å². The van der Waals surface area contributed by atoms with Crippen molar-refractivity contribution in [1.82, 2.24) is 10.6 Å². The molecule has 2 N–H and O–H groups in total. The number of aliphatic imine (C=N–C) groups is 1. The van der Waals surface area contributed by atoms with Gasteiger partial charge in [0.2, 0.25) is 0 Å². The molecule has 1 aromatic carbocycles. The number of nitrogens with zero attached hydrogens (tertiary/aromatic N) is 1. The van der Waals surface area contributed by atoms with Gasteiger partial charge in [-0.2, -0.15) is 13.2 Å². The van der Waals surface area contributed by atoms with Gasteiger partial charge in [0.05, 0.1) is 12.1 Å². The van der Waals surface area contributed by atoms with Crippen molar-refractivity contribution in [3.8, 4) is 0 Å². The van der Waals surface area contributed by atoms with E-state index in [-0.39, 0.29) is 12.1 Å². The van der Waals surface area contributed by atoms with Crippen molar-refractivity contribution in [2.24, 2.45) is 10.9 Å². The van der Waals surface area contributed by atoms with Gasteiger partial charge in [0.15, 0.2) is 5.96 Å². The third-order valence-corrected chi connectivity index (χ3v) is 4.58. The van der Waals surface area contributed by atoms with Crippen LogP contribution in [0.3, 0.4) is 0 Å². The van der Waals surface area contributed by atoms with Gasteiger partial charge in [-0.05, 0) is 49.8 Å². The molecule has 1 saturated heterocycles. The Balaban J connectivity index is 1.79. The fourth-order valence-electron chi connectivity index (χ4n) is 3.00. The lowest BCUT2D eigenvalue weighted by molar-refractivity contribution is -0.138. The standard InChI is InChI=1S/C20H29F4N3O2/c1-2-25-19(26-8-3-9-29-14-15-6-10-28-11-7-15)27-13-16-4-5-17(21)12-18(16)20(22,23)24/h4-5,12,15H,2-3,6-11,13-14H2,1H3,(H2,25,26,27). The Hall–Kier alpha value is -1.87. The Morgan fingerprint density at radius 2 is 2.00 bits per heavy atom. The predicted molar refractivity (Wildman–Crippen MR) is 103 cm³/mol. The molecule has 2 rings (SSSR count). The highest BCUT2D eigenvalue weighted by molar-refractivity contribution is 5.79. The van der Waals surface area contributed by atoms with Gasteiger partial charge in [-0.1, -0.05) is 6.07 Å². The van der Waals surface area contributed by atoms with Crippen LogP contribution in [0.2, 0.25) is 0 Å². The van der Waals surface area contributed by atoms with Gasteiger partial charge in [0.25, 0.3) is 0 Å². The molecular weight excluding hydrogens is 390 g/mol. The van der Waals surface area contributed by atoms with Crippen LogP contribution in [0.25, 0.3) is 0 Å². The Morgan fingerprint density at radius 3 is 2.69 bits per heavy atom. The first-order valence-electron chi connectivity index (χ1n) is 9.93. The Morgan fingerprint density at radius 1 is 1.24 bits per heavy atom. The second kappa shape index (κ2) is 12.0. The van der Waals surface area contributed by atoms with Crippen molar-refractivity contribution >= 4 is 5.96 Å². The van der Waals surface area contributed by atoms with Gasteiger partial charge in [0.1, 0.15) is 5.82 Å². The summed E-state index contributed by atoms with van der Waals surface area (Å²) in [7, 11) is 0. The Kier molecular flexibility index (Phi) is 9.66. The molecule has 0 aliphatic carbocycles. The van der Waals surface area contributed by atoms with Crippen LogP contribution >= 0.6 is 0 Å². The maximum Gasteiger partial charge on any atom is 0.416 e. The number of nitrogens with one attached hydrogen (secondary N) is 2. The number of guanidine groups is 1. The summed E-state index contributed by atoms with van der Waals surface area (Å²) in [5.74, 6) is 0.0411. The quantitative estimate of drug-likeness (QED) is 0.277. The molecule has 0 spiro atoms. The van der Waals surface area contributed by atoms with Crippen LogP contribution in [0.5, 0.6) is 0 Å². The highest BCUT2D eigenvalue weighted by Gasteiger charge is 2.33. The van der Waals surface area contributed by atoms with E-state index in [0.29, 0.717) is 37.6 Å². The molecule has 1 aromatic rings. The van der Waals surface area contributed by atoms with E-state index in [1.807, 2.05) is 6.92 Å². The second-order valence-corrected chi connectivity index (χ2v) is 6.91. The zero-order valence-electron chi connectivity index (χ0n) is 16.7. The van der Waals surface area contributed by atoms with E-state index >= 15 is 0 Å². The smallest absolute Gasteiger partial charge is 0.381 e. The number of hydrogen-bond donors (Lipinski definition) is 2. The van der Waals surface area contributed by atoms with Crippen molar-refractivity contribution < 1.29 is 27.0 Å². The largest absolute Gasteiger partial charge is 0.416 e. The van der Waals surface area contributed by atoms with Crippen LogP contribution in [0.15, 0.2) is 23.2 Å². The summed E-state index contributed by atoms with van der Waals surface area (Å²) in [5.41, 5.74) is -1.07. The number of halogens is 4. The maximum absolute atomic E-state index is 13.2. The molecule has 9 heteroatoms. The number of rotatable bonds is 9. The summed E-state index contributed by atoms with van der Waals surface area (Å²) >= 11 is 0. The van der Waals surface area contributed by atoms with E-state index in [4.69, 9.17) is 9.47 Å². The molecule has 0 amide bonds. The molecule has 1 heterocycles. The molecule has 0 unspecified atom stereocenters. The lowest BCUT2D eigenvalue weighted by Gasteiger charge is -2.21. The molecule has 164 valence electrons. The number of benzene rings is 1. The zero-order valence-corrected chi connectivity index (χ0v) is 16.7. The van der Waals surface area contributed by atoms with Crippen LogP contribution in [0.1, 0.15) is 37.3 Å². The van der Waals surface area contributed by atoms with Gasteiger partial charge in [-0.3, -0.25) is 0 Å². The van der Waals surface area contributed by atoms with Crippen LogP contribution in [0, 0.1) is 11.7 Å². The normalized spacial score (nSPS) is 16.1. The first-order valence-corrected chi connectivity index (χ1v) is 9.93. The SMILES string of the molecule is CCNC(=NCc1ccc(F)cc1C(F)(F)F)NCCCOCC1CCOCC1. The minimum atomic E-state index is -4.62. The van der Waals surface area contributed by atoms with Crippen molar-refractivity contribution in [2.75, 3.05) is 39.5 Å². The average Bonchev–Trinajstić information content (AvgIpc) is 2.69. The highest BCUT2D eigenvalue weighted by atomic mass is 19.4. The molecule has 0 aromatic heterocycles. The minimum absolute atomic E-state index is 0.0732. The van der Waals surface area contributed by atoms with E-state index in [2.05, 4.69) is 15.6 Å². The summed E-state index contributed by atoms with van der Waals surface area (Å²) < 4.78 is 63.5. The molecule has 0 atom stereocenters. The molecule has 1 aliphatic heterocycles. The summed E-state index contributed by atoms with van der Waals surface area (Å²) in [6.07, 6.45) is -1.82. The molecule has 1 aliphatic rings. The van der Waals surface area contributed by atoms with Gasteiger partial charge < -0.3 is 20.1 Å². The molecule has 1 fully saturated rings. The van der Waals surface area contributed by atoms with Crippen LogP contribution in [-0.4, -0.2) is 45.5 Å². The van der Waals surface area contributed by atoms with E-state index in [0.717, 1.165) is 51.2 Å². The maximum atomic E-state index is 13.2. The fourth-order valence-corrected chi connectivity index (χ4v) is 3.00. The minimum Gasteiger partial charge on any atom is -0.381 e. The van der Waals surface area contributed by atoms with Crippen LogP contribution < -0.4 is 10.6 Å². The third kappa shape index (κ3) is 8.57. The zero-order chi connectivity index (χ0) is 21.1. The summed E-state index contributed by atoms with van der Waals surface area (Å²) in [6.45, 7) is 5.72. The summed E-state index contributed by atoms with van der Waals surface area (Å²) in [4.78, 5) is 4.20. The van der Waals surface area contributed by atoms with E-state index in [9.17, 15) is 17.6 Å². The van der Waals surface area contributed by atoms with Gasteiger partial charge in [-0.15, -0.1) is 0 Å². The summed E-state index contributed by atoms with van der Waals surface area (Å²) in [6, 6.07) is 2.63. The van der Waals surface area contributed by atoms with Gasteiger partial charge >= 0.3 is 6.18 Å². The molecule has 5 nitrogen and oxygen atoms in total. The second-order valence-electron chi connectivity index (χ2n) is 6.91. The fraction of sp³-hybridized carbons (Fsp3) is 0.650. The monoisotopic (exact) mass is 419 g/mol. The highest BCUT2D eigenvalue weighted by Crippen LogP contribution is 2.32. The number of alkyl halides is 3. The van der Waals surface area contributed by atoms with Crippen molar-refractivity contribution in [2.45, 2.75) is 38.9 Å².